The van der Waals surface area contributed by atoms with Crippen LogP contribution in [-0.2, 0) is 20.3 Å². The molecule has 0 amide bonds. The molecule has 2 aromatic rings. The number of pyridine rings is 1. The van der Waals surface area contributed by atoms with Crippen molar-refractivity contribution < 1.29 is 26.7 Å². The molecule has 9 nitrogen and oxygen atoms in total. The van der Waals surface area contributed by atoms with Crippen LogP contribution in [0, 0.1) is 6.92 Å². The van der Waals surface area contributed by atoms with E-state index in [9.17, 15) is 17.2 Å². The molecular formula is C18H23F2N5O4S. The zero-order valence-electron chi connectivity index (χ0n) is 16.6. The number of hydrogen-bond acceptors (Lipinski definition) is 9. The standard InChI is InChI=1S/C18H23F2N5O4S/c1-11-8-15(24-18(21)22-11)25-6-3-7-28-9-14(25)13-5-4-12(10-30(2,26)27)23-16(13)29-17(19)20/h4-5,8,14,17H,3,6-7,9-10H2,1-2H3,(H2,21,22,24)/t14-/m1/s1. The maximum atomic E-state index is 13.1. The van der Waals surface area contributed by atoms with Gasteiger partial charge in [-0.15, -0.1) is 0 Å². The molecule has 0 bridgehead atoms. The van der Waals surface area contributed by atoms with Gasteiger partial charge in [-0.05, 0) is 25.5 Å². The minimum Gasteiger partial charge on any atom is -0.417 e. The summed E-state index contributed by atoms with van der Waals surface area (Å²) in [6, 6.07) is 4.22. The molecule has 0 radical (unpaired) electrons. The minimum atomic E-state index is -3.40. The largest absolute Gasteiger partial charge is 0.417 e. The molecule has 0 aromatic carbocycles. The second-order valence-electron chi connectivity index (χ2n) is 7.01. The quantitative estimate of drug-likeness (QED) is 0.713. The van der Waals surface area contributed by atoms with Gasteiger partial charge in [-0.1, -0.05) is 0 Å². The van der Waals surface area contributed by atoms with Gasteiger partial charge in [0.05, 0.1) is 24.1 Å². The van der Waals surface area contributed by atoms with Gasteiger partial charge in [-0.2, -0.15) is 13.8 Å². The molecule has 2 N–H and O–H groups in total. The van der Waals surface area contributed by atoms with E-state index in [1.54, 1.807) is 13.0 Å². The fourth-order valence-corrected chi connectivity index (χ4v) is 4.00. The van der Waals surface area contributed by atoms with Crippen LogP contribution in [0.4, 0.5) is 20.5 Å². The Morgan fingerprint density at radius 2 is 2.10 bits per heavy atom. The van der Waals surface area contributed by atoms with Gasteiger partial charge >= 0.3 is 6.61 Å². The van der Waals surface area contributed by atoms with Crippen LogP contribution in [0.3, 0.4) is 0 Å². The van der Waals surface area contributed by atoms with Gasteiger partial charge in [-0.25, -0.2) is 18.4 Å². The Bertz CT molecular complexity index is 986. The van der Waals surface area contributed by atoms with E-state index in [2.05, 4.69) is 19.7 Å². The normalized spacial score (nSPS) is 17.8. The second-order valence-corrected chi connectivity index (χ2v) is 9.15. The zero-order valence-corrected chi connectivity index (χ0v) is 17.4. The average molecular weight is 443 g/mol. The monoisotopic (exact) mass is 443 g/mol. The number of nitrogens with zero attached hydrogens (tertiary/aromatic N) is 4. The van der Waals surface area contributed by atoms with Gasteiger partial charge < -0.3 is 20.1 Å². The highest BCUT2D eigenvalue weighted by atomic mass is 32.2. The first-order valence-electron chi connectivity index (χ1n) is 9.20. The Balaban J connectivity index is 2.06. The number of nitrogens with two attached hydrogens (primary N) is 1. The van der Waals surface area contributed by atoms with E-state index in [1.807, 2.05) is 4.90 Å². The number of alkyl halides is 2. The Kier molecular flexibility index (Phi) is 6.66. The Morgan fingerprint density at radius 1 is 1.33 bits per heavy atom. The number of hydrogen-bond donors (Lipinski definition) is 1. The van der Waals surface area contributed by atoms with Crippen molar-refractivity contribution in [3.05, 3.63) is 35.2 Å². The van der Waals surface area contributed by atoms with Crippen molar-refractivity contribution in [2.24, 2.45) is 0 Å². The number of sulfone groups is 1. The van der Waals surface area contributed by atoms with Crippen molar-refractivity contribution in [3.63, 3.8) is 0 Å². The Labute approximate surface area is 173 Å². The van der Waals surface area contributed by atoms with Crippen LogP contribution in [0.25, 0.3) is 0 Å². The molecule has 30 heavy (non-hydrogen) atoms. The van der Waals surface area contributed by atoms with Crippen LogP contribution in [0.15, 0.2) is 18.2 Å². The summed E-state index contributed by atoms with van der Waals surface area (Å²) in [5, 5.41) is 0. The van der Waals surface area contributed by atoms with Crippen LogP contribution in [0.2, 0.25) is 0 Å². The lowest BCUT2D eigenvalue weighted by Crippen LogP contribution is -2.32. The van der Waals surface area contributed by atoms with Crippen molar-refractivity contribution in [2.75, 3.05) is 36.6 Å². The van der Waals surface area contributed by atoms with E-state index in [1.165, 1.54) is 12.1 Å². The third-order valence-electron chi connectivity index (χ3n) is 4.41. The van der Waals surface area contributed by atoms with Crippen molar-refractivity contribution in [1.29, 1.82) is 0 Å². The SMILES string of the molecule is Cc1cc(N2CCCOC[C@@H]2c2ccc(CS(C)(=O)=O)nc2OC(F)F)nc(N)n1. The molecule has 2 aromatic heterocycles. The zero-order chi connectivity index (χ0) is 21.9. The fourth-order valence-electron chi connectivity index (χ4n) is 3.30. The topological polar surface area (TPSA) is 121 Å². The summed E-state index contributed by atoms with van der Waals surface area (Å²) in [5.74, 6) is -0.108. The molecule has 0 unspecified atom stereocenters. The van der Waals surface area contributed by atoms with Crippen molar-refractivity contribution in [3.8, 4) is 5.88 Å². The predicted molar refractivity (Wildman–Crippen MR) is 106 cm³/mol. The third-order valence-corrected chi connectivity index (χ3v) is 5.23. The summed E-state index contributed by atoms with van der Waals surface area (Å²) in [5.41, 5.74) is 6.90. The number of anilines is 2. The molecule has 1 saturated heterocycles. The summed E-state index contributed by atoms with van der Waals surface area (Å²) >= 11 is 0. The molecule has 164 valence electrons. The first-order chi connectivity index (χ1) is 14.1. The Hall–Kier alpha value is -2.60. The predicted octanol–water partition coefficient (Wildman–Crippen LogP) is 1.88. The number of nitrogen functional groups attached to an aromatic ring is 1. The summed E-state index contributed by atoms with van der Waals surface area (Å²) in [6.07, 6.45) is 1.73. The van der Waals surface area contributed by atoms with Gasteiger partial charge in [0, 0.05) is 36.7 Å². The van der Waals surface area contributed by atoms with Crippen molar-refractivity contribution in [1.82, 2.24) is 15.0 Å². The number of rotatable bonds is 6. The van der Waals surface area contributed by atoms with E-state index in [0.717, 1.165) is 6.26 Å². The maximum absolute atomic E-state index is 13.1. The number of aromatic nitrogens is 3. The summed E-state index contributed by atoms with van der Waals surface area (Å²) in [7, 11) is -3.40. The van der Waals surface area contributed by atoms with E-state index >= 15 is 0 Å². The van der Waals surface area contributed by atoms with Crippen molar-refractivity contribution >= 4 is 21.6 Å². The molecule has 0 aliphatic carbocycles. The number of aryl methyl sites for hydroxylation is 1. The lowest BCUT2D eigenvalue weighted by atomic mass is 10.1. The molecule has 1 aliphatic rings. The smallest absolute Gasteiger partial charge is 0.388 e. The summed E-state index contributed by atoms with van der Waals surface area (Å²) < 4.78 is 59.6. The highest BCUT2D eigenvalue weighted by molar-refractivity contribution is 7.89. The molecule has 1 atom stereocenters. The molecular weight excluding hydrogens is 420 g/mol. The highest BCUT2D eigenvalue weighted by Gasteiger charge is 2.29. The van der Waals surface area contributed by atoms with Crippen LogP contribution < -0.4 is 15.4 Å². The van der Waals surface area contributed by atoms with Gasteiger partial charge in [0.1, 0.15) is 5.82 Å². The highest BCUT2D eigenvalue weighted by Crippen LogP contribution is 2.34. The summed E-state index contributed by atoms with van der Waals surface area (Å²) in [4.78, 5) is 14.3. The van der Waals surface area contributed by atoms with Crippen LogP contribution >= 0.6 is 0 Å². The molecule has 1 fully saturated rings. The molecule has 12 heteroatoms. The first kappa shape index (κ1) is 22.1. The van der Waals surface area contributed by atoms with Gasteiger partial charge in [0.2, 0.25) is 11.8 Å². The van der Waals surface area contributed by atoms with Crippen molar-refractivity contribution in [2.45, 2.75) is 31.8 Å². The molecule has 1 aliphatic heterocycles. The average Bonchev–Trinajstić information content (AvgIpc) is 2.85. The van der Waals surface area contributed by atoms with E-state index in [4.69, 9.17) is 10.5 Å². The molecule has 0 saturated carbocycles. The Morgan fingerprint density at radius 3 is 2.77 bits per heavy atom. The minimum absolute atomic E-state index is 0.0968. The van der Waals surface area contributed by atoms with E-state index in [-0.39, 0.29) is 29.9 Å². The van der Waals surface area contributed by atoms with Crippen LogP contribution in [0.5, 0.6) is 5.88 Å². The van der Waals surface area contributed by atoms with E-state index < -0.39 is 22.5 Å². The van der Waals surface area contributed by atoms with E-state index in [0.29, 0.717) is 36.6 Å². The molecule has 0 spiro atoms. The number of halogens is 2. The van der Waals surface area contributed by atoms with Gasteiger partial charge in [0.15, 0.2) is 9.84 Å². The maximum Gasteiger partial charge on any atom is 0.388 e. The third kappa shape index (κ3) is 5.72. The number of ether oxygens (including phenoxy) is 2. The second kappa shape index (κ2) is 9.04. The molecule has 3 heterocycles. The summed E-state index contributed by atoms with van der Waals surface area (Å²) in [6.45, 7) is -0.161. The van der Waals surface area contributed by atoms with Crippen LogP contribution in [-0.4, -0.2) is 56.0 Å². The van der Waals surface area contributed by atoms with Crippen LogP contribution in [0.1, 0.15) is 29.4 Å². The van der Waals surface area contributed by atoms with Gasteiger partial charge in [0.25, 0.3) is 0 Å². The first-order valence-corrected chi connectivity index (χ1v) is 11.3. The fraction of sp³-hybridized carbons (Fsp3) is 0.500. The molecule has 3 rings (SSSR count). The van der Waals surface area contributed by atoms with Gasteiger partial charge in [-0.3, -0.25) is 0 Å². The lowest BCUT2D eigenvalue weighted by molar-refractivity contribution is -0.0540. The lowest BCUT2D eigenvalue weighted by Gasteiger charge is -2.31.